The van der Waals surface area contributed by atoms with E-state index in [1.165, 1.54) is 6.07 Å². The number of benzene rings is 2. The third-order valence-corrected chi connectivity index (χ3v) is 6.59. The molecule has 2 saturated carbocycles. The molecule has 0 saturated heterocycles. The summed E-state index contributed by atoms with van der Waals surface area (Å²) in [5.41, 5.74) is 13.5. The molecule has 0 radical (unpaired) electrons. The van der Waals surface area contributed by atoms with E-state index in [1.807, 2.05) is 6.07 Å². The predicted octanol–water partition coefficient (Wildman–Crippen LogP) is 4.63. The SMILES string of the molecule is N=C(N)c1cc(C(=O)C23CCCCCC(c4cccc(F)c4)C2C3)ccc1N. The summed E-state index contributed by atoms with van der Waals surface area (Å²) < 4.78 is 13.8. The number of carbonyl (C=O) groups excluding carboxylic acids is 1. The summed E-state index contributed by atoms with van der Waals surface area (Å²) in [4.78, 5) is 13.5. The lowest BCUT2D eigenvalue weighted by Gasteiger charge is -2.26. The molecular weight excluding hydrogens is 353 g/mol. The van der Waals surface area contributed by atoms with Gasteiger partial charge in [-0.15, -0.1) is 0 Å². The lowest BCUT2D eigenvalue weighted by atomic mass is 9.77. The number of nitrogen functional groups attached to an aromatic ring is 2. The zero-order valence-electron chi connectivity index (χ0n) is 15.9. The van der Waals surface area contributed by atoms with Crippen molar-refractivity contribution < 1.29 is 9.18 Å². The number of Topliss-reactive ketones (excluding diaryl/α,β-unsaturated/α-hetero) is 1. The number of hydrogen-bond donors (Lipinski definition) is 3. The van der Waals surface area contributed by atoms with Crippen LogP contribution < -0.4 is 11.5 Å². The molecule has 0 aliphatic heterocycles. The summed E-state index contributed by atoms with van der Waals surface area (Å²) in [5, 5.41) is 7.70. The minimum atomic E-state index is -0.387. The number of fused-ring (bicyclic) bond motifs is 1. The predicted molar refractivity (Wildman–Crippen MR) is 109 cm³/mol. The van der Waals surface area contributed by atoms with E-state index in [9.17, 15) is 9.18 Å². The summed E-state index contributed by atoms with van der Waals surface area (Å²) in [6, 6.07) is 11.9. The van der Waals surface area contributed by atoms with Crippen molar-refractivity contribution >= 4 is 17.3 Å². The Morgan fingerprint density at radius 2 is 1.96 bits per heavy atom. The Kier molecular flexibility index (Phi) is 4.69. The van der Waals surface area contributed by atoms with Crippen LogP contribution in [0.1, 0.15) is 65.9 Å². The normalized spacial score (nSPS) is 26.6. The van der Waals surface area contributed by atoms with Crippen molar-refractivity contribution in [2.75, 3.05) is 5.73 Å². The summed E-state index contributed by atoms with van der Waals surface area (Å²) in [5.74, 6) is 0.207. The summed E-state index contributed by atoms with van der Waals surface area (Å²) in [6.45, 7) is 0. The Labute approximate surface area is 164 Å². The van der Waals surface area contributed by atoms with E-state index < -0.39 is 0 Å². The Morgan fingerprint density at radius 3 is 2.71 bits per heavy atom. The molecule has 3 unspecified atom stereocenters. The lowest BCUT2D eigenvalue weighted by molar-refractivity contribution is 0.0865. The smallest absolute Gasteiger partial charge is 0.169 e. The number of halogens is 1. The minimum absolute atomic E-state index is 0.114. The summed E-state index contributed by atoms with van der Waals surface area (Å²) >= 11 is 0. The Morgan fingerprint density at radius 1 is 1.14 bits per heavy atom. The van der Waals surface area contributed by atoms with Gasteiger partial charge in [0.15, 0.2) is 5.78 Å². The van der Waals surface area contributed by atoms with Gasteiger partial charge < -0.3 is 11.5 Å². The van der Waals surface area contributed by atoms with Gasteiger partial charge in [-0.2, -0.15) is 0 Å². The van der Waals surface area contributed by atoms with E-state index in [1.54, 1.807) is 30.3 Å². The standard InChI is InChI=1S/C23H26FN3O/c24-16-6-4-5-14(11-16)17-7-2-1-3-10-23(13-19(17)23)21(28)15-8-9-20(25)18(12-15)22(26)27/h4-6,8-9,11-12,17,19H,1-3,7,10,13,25H2,(H3,26,27). The molecule has 2 fully saturated rings. The Hall–Kier alpha value is -2.69. The summed E-state index contributed by atoms with van der Waals surface area (Å²) in [7, 11) is 0. The van der Waals surface area contributed by atoms with E-state index in [0.29, 0.717) is 16.8 Å². The maximum Gasteiger partial charge on any atom is 0.169 e. The molecule has 0 amide bonds. The molecule has 2 aliphatic carbocycles. The second-order valence-electron chi connectivity index (χ2n) is 8.27. The second kappa shape index (κ2) is 7.04. The van der Waals surface area contributed by atoms with Crippen molar-refractivity contribution in [3.05, 3.63) is 65.0 Å². The molecule has 146 valence electrons. The van der Waals surface area contributed by atoms with Gasteiger partial charge in [0.1, 0.15) is 11.7 Å². The Bertz CT molecular complexity index is 941. The number of carbonyl (C=O) groups is 1. The van der Waals surface area contributed by atoms with Gasteiger partial charge in [-0.3, -0.25) is 10.2 Å². The number of anilines is 1. The van der Waals surface area contributed by atoms with Crippen LogP contribution in [0.15, 0.2) is 42.5 Å². The molecule has 5 heteroatoms. The molecule has 0 spiro atoms. The maximum atomic E-state index is 13.8. The third-order valence-electron chi connectivity index (χ3n) is 6.59. The molecule has 0 bridgehead atoms. The zero-order valence-corrected chi connectivity index (χ0v) is 15.9. The highest BCUT2D eigenvalue weighted by Crippen LogP contribution is 2.65. The first-order valence-electron chi connectivity index (χ1n) is 9.96. The van der Waals surface area contributed by atoms with Crippen LogP contribution in [0.2, 0.25) is 0 Å². The second-order valence-corrected chi connectivity index (χ2v) is 8.27. The molecule has 3 atom stereocenters. The van der Waals surface area contributed by atoms with Crippen molar-refractivity contribution in [2.45, 2.75) is 44.4 Å². The van der Waals surface area contributed by atoms with Crippen molar-refractivity contribution in [1.29, 1.82) is 5.41 Å². The van der Waals surface area contributed by atoms with Crippen molar-refractivity contribution in [2.24, 2.45) is 17.1 Å². The highest BCUT2D eigenvalue weighted by atomic mass is 19.1. The van der Waals surface area contributed by atoms with Gasteiger partial charge in [0.25, 0.3) is 0 Å². The first kappa shape index (κ1) is 18.7. The first-order valence-corrected chi connectivity index (χ1v) is 9.96. The topological polar surface area (TPSA) is 93.0 Å². The van der Waals surface area contributed by atoms with E-state index in [-0.39, 0.29) is 34.7 Å². The number of amidine groups is 1. The maximum absolute atomic E-state index is 13.8. The van der Waals surface area contributed by atoms with Crippen LogP contribution in [0, 0.1) is 22.6 Å². The quantitative estimate of drug-likeness (QED) is 0.313. The molecule has 2 aromatic rings. The fourth-order valence-corrected chi connectivity index (χ4v) is 5.06. The van der Waals surface area contributed by atoms with Gasteiger partial charge in [0.05, 0.1) is 0 Å². The van der Waals surface area contributed by atoms with Crippen LogP contribution >= 0.6 is 0 Å². The van der Waals surface area contributed by atoms with Crippen molar-refractivity contribution in [3.63, 3.8) is 0 Å². The highest BCUT2D eigenvalue weighted by Gasteiger charge is 2.61. The molecule has 0 aromatic heterocycles. The van der Waals surface area contributed by atoms with Crippen LogP contribution in [-0.4, -0.2) is 11.6 Å². The van der Waals surface area contributed by atoms with Gasteiger partial charge in [-0.25, -0.2) is 4.39 Å². The number of nitrogens with one attached hydrogen (secondary N) is 1. The van der Waals surface area contributed by atoms with Gasteiger partial charge in [0.2, 0.25) is 0 Å². The molecule has 5 N–H and O–H groups in total. The molecule has 4 nitrogen and oxygen atoms in total. The monoisotopic (exact) mass is 379 g/mol. The zero-order chi connectivity index (χ0) is 19.9. The minimum Gasteiger partial charge on any atom is -0.398 e. The van der Waals surface area contributed by atoms with Crippen LogP contribution in [0.4, 0.5) is 10.1 Å². The molecule has 2 aliphatic rings. The number of nitrogens with two attached hydrogens (primary N) is 2. The van der Waals surface area contributed by atoms with Crippen LogP contribution in [0.5, 0.6) is 0 Å². The number of hydrogen-bond acceptors (Lipinski definition) is 3. The lowest BCUT2D eigenvalue weighted by Crippen LogP contribution is -2.23. The van der Waals surface area contributed by atoms with Crippen LogP contribution in [0.3, 0.4) is 0 Å². The van der Waals surface area contributed by atoms with Crippen LogP contribution in [0.25, 0.3) is 0 Å². The average Bonchev–Trinajstić information content (AvgIpc) is 3.35. The van der Waals surface area contributed by atoms with E-state index in [4.69, 9.17) is 16.9 Å². The molecule has 28 heavy (non-hydrogen) atoms. The first-order chi connectivity index (χ1) is 13.4. The number of rotatable bonds is 4. The largest absolute Gasteiger partial charge is 0.398 e. The van der Waals surface area contributed by atoms with Gasteiger partial charge in [0, 0.05) is 22.2 Å². The third kappa shape index (κ3) is 3.19. The van der Waals surface area contributed by atoms with Crippen molar-refractivity contribution in [3.8, 4) is 0 Å². The molecule has 4 rings (SSSR count). The molecular formula is C23H26FN3O. The fourth-order valence-electron chi connectivity index (χ4n) is 5.06. The van der Waals surface area contributed by atoms with E-state index in [2.05, 4.69) is 0 Å². The average molecular weight is 379 g/mol. The van der Waals surface area contributed by atoms with E-state index >= 15 is 0 Å². The molecule has 0 heterocycles. The molecule has 2 aromatic carbocycles. The highest BCUT2D eigenvalue weighted by molar-refractivity contribution is 6.07. The van der Waals surface area contributed by atoms with Crippen molar-refractivity contribution in [1.82, 2.24) is 0 Å². The fraction of sp³-hybridized carbons (Fsp3) is 0.391. The van der Waals surface area contributed by atoms with Gasteiger partial charge in [-0.1, -0.05) is 31.4 Å². The van der Waals surface area contributed by atoms with Gasteiger partial charge in [-0.05, 0) is 67.0 Å². The summed E-state index contributed by atoms with van der Waals surface area (Å²) in [6.07, 6.45) is 5.93. The van der Waals surface area contributed by atoms with Gasteiger partial charge >= 0.3 is 0 Å². The number of ketones is 1. The Balaban J connectivity index is 1.67. The van der Waals surface area contributed by atoms with Crippen LogP contribution in [-0.2, 0) is 0 Å². The van der Waals surface area contributed by atoms with E-state index in [0.717, 1.165) is 44.1 Å².